The molecule has 7 nitrogen and oxygen atoms in total. The number of hydrogen-bond donors (Lipinski definition) is 1. The number of nitrogens with zero attached hydrogens (tertiary/aromatic N) is 4. The topological polar surface area (TPSA) is 81.8 Å². The Hall–Kier alpha value is -3.36. The first kappa shape index (κ1) is 15.5. The van der Waals surface area contributed by atoms with Crippen LogP contribution in [-0.4, -0.2) is 25.5 Å². The maximum atomic E-state index is 13.5. The molecule has 0 aliphatic heterocycles. The summed E-state index contributed by atoms with van der Waals surface area (Å²) in [4.78, 5) is 23.8. The average molecular weight is 331 g/mol. The summed E-state index contributed by atoms with van der Waals surface area (Å²) in [5, 5.41) is 10.2. The lowest BCUT2D eigenvalue weighted by Crippen LogP contribution is -2.30. The third-order valence-electron chi connectivity index (χ3n) is 3.09. The summed E-state index contributed by atoms with van der Waals surface area (Å²) in [5.74, 6) is -1.85. The molecule has 1 amide bonds. The Labute approximate surface area is 134 Å². The predicted octanol–water partition coefficient (Wildman–Crippen LogP) is 1.35. The third kappa shape index (κ3) is 3.35. The number of carbonyl (C=O) groups excluding carboxylic acids is 1. The summed E-state index contributed by atoms with van der Waals surface area (Å²) in [6, 6.07) is 7.05. The smallest absolute Gasteiger partial charge is 0.267 e. The standard InChI is InChI=1S/C15H11F2N5O2/c16-10-2-3-11(17)12(8-10)19-14(23)9-22-15(24)5-4-13(20-22)21-7-1-6-18-21/h1-8H,9H2,(H,19,23). The summed E-state index contributed by atoms with van der Waals surface area (Å²) in [7, 11) is 0. The molecule has 2 aromatic heterocycles. The largest absolute Gasteiger partial charge is 0.322 e. The zero-order valence-corrected chi connectivity index (χ0v) is 12.2. The van der Waals surface area contributed by atoms with Gasteiger partial charge in [0.2, 0.25) is 5.91 Å². The first-order chi connectivity index (χ1) is 11.5. The van der Waals surface area contributed by atoms with E-state index >= 15 is 0 Å². The molecule has 0 saturated heterocycles. The number of amides is 1. The highest BCUT2D eigenvalue weighted by molar-refractivity contribution is 5.90. The normalized spacial score (nSPS) is 10.6. The molecule has 0 atom stereocenters. The third-order valence-corrected chi connectivity index (χ3v) is 3.09. The maximum absolute atomic E-state index is 13.5. The van der Waals surface area contributed by atoms with E-state index in [4.69, 9.17) is 0 Å². The molecule has 3 rings (SSSR count). The van der Waals surface area contributed by atoms with Crippen LogP contribution in [0.5, 0.6) is 0 Å². The lowest BCUT2D eigenvalue weighted by molar-refractivity contribution is -0.117. The van der Waals surface area contributed by atoms with Crippen LogP contribution in [0, 0.1) is 11.6 Å². The molecule has 9 heteroatoms. The Balaban J connectivity index is 1.80. The number of carbonyl (C=O) groups is 1. The van der Waals surface area contributed by atoms with Gasteiger partial charge >= 0.3 is 0 Å². The second-order valence-corrected chi connectivity index (χ2v) is 4.81. The highest BCUT2D eigenvalue weighted by Crippen LogP contribution is 2.15. The summed E-state index contributed by atoms with van der Waals surface area (Å²) < 4.78 is 28.9. The van der Waals surface area contributed by atoms with Crippen LogP contribution in [-0.2, 0) is 11.3 Å². The van der Waals surface area contributed by atoms with Crippen molar-refractivity contribution in [3.63, 3.8) is 0 Å². The lowest BCUT2D eigenvalue weighted by Gasteiger charge is -2.09. The van der Waals surface area contributed by atoms with Crippen LogP contribution < -0.4 is 10.9 Å². The summed E-state index contributed by atoms with van der Waals surface area (Å²) in [6.45, 7) is -0.454. The maximum Gasteiger partial charge on any atom is 0.267 e. The number of halogens is 2. The predicted molar refractivity (Wildman–Crippen MR) is 80.6 cm³/mol. The quantitative estimate of drug-likeness (QED) is 0.782. The Bertz CT molecular complexity index is 937. The second-order valence-electron chi connectivity index (χ2n) is 4.81. The lowest BCUT2D eigenvalue weighted by atomic mass is 10.3. The molecule has 0 aliphatic rings. The van der Waals surface area contributed by atoms with Gasteiger partial charge in [0.15, 0.2) is 5.82 Å². The van der Waals surface area contributed by atoms with Crippen molar-refractivity contribution in [2.24, 2.45) is 0 Å². The minimum Gasteiger partial charge on any atom is -0.322 e. The molecule has 0 bridgehead atoms. The fourth-order valence-corrected chi connectivity index (χ4v) is 2.00. The van der Waals surface area contributed by atoms with Crippen molar-refractivity contribution in [2.45, 2.75) is 6.54 Å². The zero-order chi connectivity index (χ0) is 17.1. The van der Waals surface area contributed by atoms with Gasteiger partial charge in [-0.2, -0.15) is 5.10 Å². The molecule has 3 aromatic rings. The minimum absolute atomic E-state index is 0.309. The van der Waals surface area contributed by atoms with Gasteiger partial charge in [0, 0.05) is 24.5 Å². The Morgan fingerprint density at radius 2 is 2.04 bits per heavy atom. The molecule has 122 valence electrons. The van der Waals surface area contributed by atoms with Crippen LogP contribution in [0.15, 0.2) is 53.6 Å². The average Bonchev–Trinajstić information content (AvgIpc) is 3.07. The van der Waals surface area contributed by atoms with Crippen molar-refractivity contribution in [1.82, 2.24) is 19.6 Å². The fourth-order valence-electron chi connectivity index (χ4n) is 2.00. The minimum atomic E-state index is -0.782. The zero-order valence-electron chi connectivity index (χ0n) is 12.2. The molecule has 1 aromatic carbocycles. The Morgan fingerprint density at radius 3 is 2.79 bits per heavy atom. The van der Waals surface area contributed by atoms with Gasteiger partial charge in [-0.15, -0.1) is 5.10 Å². The second kappa shape index (κ2) is 6.41. The molecule has 2 heterocycles. The molecule has 0 unspecified atom stereocenters. The Kier molecular flexibility index (Phi) is 4.15. The van der Waals surface area contributed by atoms with Crippen molar-refractivity contribution in [1.29, 1.82) is 0 Å². The van der Waals surface area contributed by atoms with Crippen LogP contribution in [0.1, 0.15) is 0 Å². The first-order valence-electron chi connectivity index (χ1n) is 6.86. The summed E-state index contributed by atoms with van der Waals surface area (Å²) in [5.41, 5.74) is -0.822. The SMILES string of the molecule is O=C(Cn1nc(-n2cccn2)ccc1=O)Nc1cc(F)ccc1F. The van der Waals surface area contributed by atoms with Crippen LogP contribution in [0.3, 0.4) is 0 Å². The van der Waals surface area contributed by atoms with Crippen LogP contribution in [0.25, 0.3) is 5.82 Å². The van der Waals surface area contributed by atoms with Crippen LogP contribution in [0.2, 0.25) is 0 Å². The number of aromatic nitrogens is 4. The van der Waals surface area contributed by atoms with Crippen molar-refractivity contribution >= 4 is 11.6 Å². The van der Waals surface area contributed by atoms with E-state index in [9.17, 15) is 18.4 Å². The molecule has 1 N–H and O–H groups in total. The van der Waals surface area contributed by atoms with Gasteiger partial charge in [0.05, 0.1) is 5.69 Å². The van der Waals surface area contributed by atoms with E-state index in [-0.39, 0.29) is 5.69 Å². The van der Waals surface area contributed by atoms with Gasteiger partial charge in [-0.3, -0.25) is 9.59 Å². The van der Waals surface area contributed by atoms with Gasteiger partial charge in [0.25, 0.3) is 5.56 Å². The molecule has 0 spiro atoms. The molecule has 0 radical (unpaired) electrons. The van der Waals surface area contributed by atoms with Crippen molar-refractivity contribution in [3.8, 4) is 5.82 Å². The summed E-state index contributed by atoms with van der Waals surface area (Å²) >= 11 is 0. The van der Waals surface area contributed by atoms with Gasteiger partial charge < -0.3 is 5.32 Å². The van der Waals surface area contributed by atoms with E-state index in [1.54, 1.807) is 12.3 Å². The number of hydrogen-bond acceptors (Lipinski definition) is 4. The summed E-state index contributed by atoms with van der Waals surface area (Å²) in [6.07, 6.45) is 3.16. The number of rotatable bonds is 4. The van der Waals surface area contributed by atoms with Gasteiger partial charge in [-0.05, 0) is 24.3 Å². The molecular weight excluding hydrogens is 320 g/mol. The van der Waals surface area contributed by atoms with E-state index in [2.05, 4.69) is 15.5 Å². The molecule has 0 aliphatic carbocycles. The number of anilines is 1. The van der Waals surface area contributed by atoms with E-state index in [0.717, 1.165) is 22.9 Å². The van der Waals surface area contributed by atoms with E-state index in [1.165, 1.54) is 23.0 Å². The fraction of sp³-hybridized carbons (Fsp3) is 0.0667. The number of benzene rings is 1. The highest BCUT2D eigenvalue weighted by atomic mass is 19.1. The van der Waals surface area contributed by atoms with E-state index in [1.807, 2.05) is 0 Å². The molecular formula is C15H11F2N5O2. The van der Waals surface area contributed by atoms with E-state index < -0.39 is 29.6 Å². The van der Waals surface area contributed by atoms with Crippen LogP contribution >= 0.6 is 0 Å². The van der Waals surface area contributed by atoms with E-state index in [0.29, 0.717) is 5.82 Å². The van der Waals surface area contributed by atoms with Gasteiger partial charge in [-0.25, -0.2) is 18.1 Å². The molecule has 0 saturated carbocycles. The Morgan fingerprint density at radius 1 is 1.21 bits per heavy atom. The highest BCUT2D eigenvalue weighted by Gasteiger charge is 2.11. The molecule has 0 fully saturated rings. The monoisotopic (exact) mass is 331 g/mol. The van der Waals surface area contributed by atoms with Gasteiger partial charge in [0.1, 0.15) is 18.2 Å². The van der Waals surface area contributed by atoms with Crippen molar-refractivity contribution in [3.05, 3.63) is 70.8 Å². The number of nitrogens with one attached hydrogen (secondary N) is 1. The molecule has 24 heavy (non-hydrogen) atoms. The first-order valence-corrected chi connectivity index (χ1v) is 6.86. The van der Waals surface area contributed by atoms with Crippen molar-refractivity contribution < 1.29 is 13.6 Å². The van der Waals surface area contributed by atoms with Crippen LogP contribution in [0.4, 0.5) is 14.5 Å². The van der Waals surface area contributed by atoms with Crippen molar-refractivity contribution in [2.75, 3.05) is 5.32 Å². The van der Waals surface area contributed by atoms with Gasteiger partial charge in [-0.1, -0.05) is 0 Å².